The summed E-state index contributed by atoms with van der Waals surface area (Å²) in [5.41, 5.74) is 0. The molecule has 1 heterocycles. The molecule has 0 aliphatic rings. The number of hydrogen-bond donors (Lipinski definition) is 0. The molecule has 1 atom stereocenters. The first-order valence-electron chi connectivity index (χ1n) is 5.74. The van der Waals surface area contributed by atoms with Crippen molar-refractivity contribution in [3.05, 3.63) is 40.9 Å². The number of carbonyl (C=O) groups excluding carboxylic acids is 1. The number of carbonyl (C=O) groups is 1. The Morgan fingerprint density at radius 1 is 1.43 bits per heavy atom. The molecule has 0 saturated heterocycles. The van der Waals surface area contributed by atoms with Gasteiger partial charge < -0.3 is 9.47 Å². The molecule has 1 aromatic heterocycles. The fourth-order valence-electron chi connectivity index (χ4n) is 1.45. The molecule has 1 aromatic carbocycles. The average Bonchev–Trinajstić information content (AvgIpc) is 2.91. The number of aromatic nitrogens is 3. The van der Waals surface area contributed by atoms with Crippen LogP contribution in [0.2, 0.25) is 10.0 Å². The fraction of sp³-hybridized carbons (Fsp3) is 0.250. The van der Waals surface area contributed by atoms with E-state index in [9.17, 15) is 4.79 Å². The number of benzene rings is 1. The van der Waals surface area contributed by atoms with Gasteiger partial charge in [0.05, 0.1) is 11.6 Å². The molecule has 0 saturated carbocycles. The molecular weight excluding hydrogens is 341 g/mol. The van der Waals surface area contributed by atoms with Crippen LogP contribution in [-0.4, -0.2) is 27.3 Å². The minimum atomic E-state index is -1.10. The largest absolute Gasteiger partial charge is 0.462 e. The summed E-state index contributed by atoms with van der Waals surface area (Å²) < 4.78 is 11.7. The van der Waals surface area contributed by atoms with Crippen molar-refractivity contribution in [1.29, 1.82) is 0 Å². The van der Waals surface area contributed by atoms with E-state index in [1.807, 2.05) is 0 Å². The van der Waals surface area contributed by atoms with Crippen LogP contribution in [0.3, 0.4) is 0 Å². The van der Waals surface area contributed by atoms with Crippen LogP contribution in [-0.2, 0) is 9.53 Å². The molecule has 0 radical (unpaired) electrons. The molecule has 0 aliphatic carbocycles. The number of halogens is 3. The Bertz CT molecular complexity index is 593. The van der Waals surface area contributed by atoms with Gasteiger partial charge in [-0.3, -0.25) is 0 Å². The second-order valence-electron chi connectivity index (χ2n) is 3.67. The molecule has 0 N–H and O–H groups in total. The van der Waals surface area contributed by atoms with Gasteiger partial charge in [0.1, 0.15) is 18.4 Å². The highest BCUT2D eigenvalue weighted by Gasteiger charge is 2.25. The smallest absolute Gasteiger partial charge is 0.371 e. The van der Waals surface area contributed by atoms with E-state index in [-0.39, 0.29) is 24.0 Å². The van der Waals surface area contributed by atoms with Crippen LogP contribution >= 0.6 is 35.6 Å². The summed E-state index contributed by atoms with van der Waals surface area (Å²) in [5.74, 6) is -0.298. The van der Waals surface area contributed by atoms with Crippen LogP contribution in [0.5, 0.6) is 5.75 Å². The zero-order chi connectivity index (χ0) is 14.5. The zero-order valence-corrected chi connectivity index (χ0v) is 13.2. The monoisotopic (exact) mass is 351 g/mol. The molecule has 6 nitrogen and oxygen atoms in total. The Labute approximate surface area is 137 Å². The molecule has 9 heteroatoms. The summed E-state index contributed by atoms with van der Waals surface area (Å²) in [4.78, 5) is 15.7. The van der Waals surface area contributed by atoms with Crippen molar-refractivity contribution in [3.63, 3.8) is 0 Å². The summed E-state index contributed by atoms with van der Waals surface area (Å²) in [6.07, 6.45) is 1.54. The van der Waals surface area contributed by atoms with E-state index >= 15 is 0 Å². The Balaban J connectivity index is 0.00000220. The quantitative estimate of drug-likeness (QED) is 0.773. The normalized spacial score (nSPS) is 11.4. The molecule has 0 aliphatic heterocycles. The van der Waals surface area contributed by atoms with Crippen molar-refractivity contribution in [2.75, 3.05) is 6.61 Å². The first-order chi connectivity index (χ1) is 9.61. The van der Waals surface area contributed by atoms with E-state index in [2.05, 4.69) is 10.1 Å². The van der Waals surface area contributed by atoms with Gasteiger partial charge in [0.2, 0.25) is 0 Å². The number of nitrogens with zero attached hydrogens (tertiary/aromatic N) is 3. The standard InChI is InChI=1S/C12H11Cl2N3O3.ClH/c1-2-19-12(18)11(17-7-15-6-16-17)20-10-4-3-8(13)5-9(10)14;/h3-7,11H,2H2,1H3;1H. The van der Waals surface area contributed by atoms with E-state index in [0.29, 0.717) is 10.8 Å². The van der Waals surface area contributed by atoms with Crippen LogP contribution in [0.25, 0.3) is 0 Å². The SMILES string of the molecule is CCOC(=O)C(Oc1ccc(Cl)cc1Cl)n1cncn1.Cl. The number of esters is 1. The topological polar surface area (TPSA) is 66.2 Å². The molecule has 0 fully saturated rings. The molecule has 1 unspecified atom stereocenters. The van der Waals surface area contributed by atoms with Gasteiger partial charge in [0.15, 0.2) is 0 Å². The van der Waals surface area contributed by atoms with E-state index < -0.39 is 12.2 Å². The molecule has 2 rings (SSSR count). The number of ether oxygens (including phenoxy) is 2. The van der Waals surface area contributed by atoms with Crippen molar-refractivity contribution >= 4 is 41.6 Å². The summed E-state index contributed by atoms with van der Waals surface area (Å²) >= 11 is 11.8. The van der Waals surface area contributed by atoms with Crippen LogP contribution in [0.15, 0.2) is 30.9 Å². The minimum Gasteiger partial charge on any atom is -0.462 e. The predicted molar refractivity (Wildman–Crippen MR) is 80.0 cm³/mol. The van der Waals surface area contributed by atoms with Crippen molar-refractivity contribution in [3.8, 4) is 5.75 Å². The lowest BCUT2D eigenvalue weighted by molar-refractivity contribution is -0.156. The Morgan fingerprint density at radius 3 is 2.76 bits per heavy atom. The van der Waals surface area contributed by atoms with Crippen LogP contribution in [0.4, 0.5) is 0 Å². The fourth-order valence-corrected chi connectivity index (χ4v) is 1.91. The first-order valence-corrected chi connectivity index (χ1v) is 6.50. The van der Waals surface area contributed by atoms with E-state index in [1.165, 1.54) is 23.4 Å². The lowest BCUT2D eigenvalue weighted by Gasteiger charge is -2.18. The van der Waals surface area contributed by atoms with Gasteiger partial charge >= 0.3 is 5.97 Å². The molecule has 0 amide bonds. The molecule has 2 aromatic rings. The molecule has 21 heavy (non-hydrogen) atoms. The molecule has 0 bridgehead atoms. The summed E-state index contributed by atoms with van der Waals surface area (Å²) in [7, 11) is 0. The van der Waals surface area contributed by atoms with Gasteiger partial charge in [-0.05, 0) is 25.1 Å². The Hall–Kier alpha value is -1.50. The third kappa shape index (κ3) is 4.49. The average molecular weight is 353 g/mol. The lowest BCUT2D eigenvalue weighted by Crippen LogP contribution is -2.27. The zero-order valence-electron chi connectivity index (χ0n) is 10.9. The number of hydrogen-bond acceptors (Lipinski definition) is 5. The van der Waals surface area contributed by atoms with Gasteiger partial charge in [0, 0.05) is 5.02 Å². The second kappa shape index (κ2) is 8.07. The highest BCUT2D eigenvalue weighted by molar-refractivity contribution is 6.35. The second-order valence-corrected chi connectivity index (χ2v) is 4.52. The van der Waals surface area contributed by atoms with Crippen molar-refractivity contribution < 1.29 is 14.3 Å². The van der Waals surface area contributed by atoms with Gasteiger partial charge in [-0.2, -0.15) is 5.10 Å². The maximum atomic E-state index is 11.9. The molecule has 0 spiro atoms. The van der Waals surface area contributed by atoms with Crippen LogP contribution in [0, 0.1) is 0 Å². The summed E-state index contributed by atoms with van der Waals surface area (Å²) in [5, 5.41) is 4.63. The summed E-state index contributed by atoms with van der Waals surface area (Å²) in [6.45, 7) is 1.92. The lowest BCUT2D eigenvalue weighted by atomic mass is 10.3. The van der Waals surface area contributed by atoms with E-state index in [0.717, 1.165) is 0 Å². The van der Waals surface area contributed by atoms with E-state index in [1.54, 1.807) is 19.1 Å². The Kier molecular flexibility index (Phi) is 6.74. The van der Waals surface area contributed by atoms with Crippen molar-refractivity contribution in [2.45, 2.75) is 13.2 Å². The van der Waals surface area contributed by atoms with Crippen molar-refractivity contribution in [2.24, 2.45) is 0 Å². The maximum absolute atomic E-state index is 11.9. The maximum Gasteiger partial charge on any atom is 0.371 e. The number of rotatable bonds is 5. The van der Waals surface area contributed by atoms with Gasteiger partial charge in [-0.1, -0.05) is 23.2 Å². The third-order valence-electron chi connectivity index (χ3n) is 2.30. The van der Waals surface area contributed by atoms with E-state index in [4.69, 9.17) is 32.7 Å². The minimum absolute atomic E-state index is 0. The summed E-state index contributed by atoms with van der Waals surface area (Å²) in [6, 6.07) is 4.68. The first kappa shape index (κ1) is 17.6. The third-order valence-corrected chi connectivity index (χ3v) is 2.83. The van der Waals surface area contributed by atoms with Gasteiger partial charge in [-0.25, -0.2) is 14.5 Å². The van der Waals surface area contributed by atoms with Gasteiger partial charge in [-0.15, -0.1) is 12.4 Å². The van der Waals surface area contributed by atoms with Crippen LogP contribution < -0.4 is 4.74 Å². The highest BCUT2D eigenvalue weighted by Crippen LogP contribution is 2.30. The van der Waals surface area contributed by atoms with Gasteiger partial charge in [0.25, 0.3) is 6.23 Å². The Morgan fingerprint density at radius 2 is 2.19 bits per heavy atom. The predicted octanol–water partition coefficient (Wildman–Crippen LogP) is 3.15. The molecular formula is C12H12Cl3N3O3. The van der Waals surface area contributed by atoms with Crippen LogP contribution in [0.1, 0.15) is 13.2 Å². The van der Waals surface area contributed by atoms with Crippen molar-refractivity contribution in [1.82, 2.24) is 14.8 Å². The molecule has 114 valence electrons. The highest BCUT2D eigenvalue weighted by atomic mass is 35.5.